The minimum Gasteiger partial charge on any atom is -0.356 e. The van der Waals surface area contributed by atoms with Crippen molar-refractivity contribution in [3.05, 3.63) is 81.9 Å². The molecule has 2 aromatic heterocycles. The number of anilines is 2. The average Bonchev–Trinajstić information content (AvgIpc) is 3.35. The second-order valence-electron chi connectivity index (χ2n) is 11.5. The number of pyridine rings is 1. The number of sulfone groups is 1. The summed E-state index contributed by atoms with van der Waals surface area (Å²) in [6, 6.07) is 7.95. The van der Waals surface area contributed by atoms with Crippen LogP contribution in [0.25, 0.3) is 22.0 Å². The van der Waals surface area contributed by atoms with Gasteiger partial charge in [0.25, 0.3) is 5.56 Å². The summed E-state index contributed by atoms with van der Waals surface area (Å²) in [7, 11) is -1.74. The number of fused-ring (bicyclic) bond motifs is 2. The SMILES string of the molecule is Cn1cc2c3c(c[nH]c3c1=O)C(CCC(=O)NC1CCNCC1)N(c1ccc(F)cc1F)c1ccc(CS(C)(=O)=O)cc1-2. The highest BCUT2D eigenvalue weighted by atomic mass is 32.2. The minimum absolute atomic E-state index is 0.0743. The number of aromatic nitrogens is 2. The summed E-state index contributed by atoms with van der Waals surface area (Å²) in [6.45, 7) is 1.66. The van der Waals surface area contributed by atoms with Crippen LogP contribution in [0, 0.1) is 11.6 Å². The van der Waals surface area contributed by atoms with E-state index in [2.05, 4.69) is 15.6 Å². The van der Waals surface area contributed by atoms with Gasteiger partial charge in [-0.1, -0.05) is 6.07 Å². The van der Waals surface area contributed by atoms with Gasteiger partial charge in [-0.25, -0.2) is 17.2 Å². The number of rotatable bonds is 7. The normalized spacial score (nSPS) is 17.1. The van der Waals surface area contributed by atoms with Crippen LogP contribution in [-0.2, 0) is 27.4 Å². The highest BCUT2D eigenvalue weighted by Gasteiger charge is 2.34. The molecule has 1 unspecified atom stereocenters. The van der Waals surface area contributed by atoms with Crippen molar-refractivity contribution in [1.82, 2.24) is 20.2 Å². The smallest absolute Gasteiger partial charge is 0.274 e. The molecule has 3 N–H and O–H groups in total. The van der Waals surface area contributed by atoms with Crippen molar-refractivity contribution >= 4 is 38.0 Å². The molecule has 9 nitrogen and oxygen atoms in total. The summed E-state index contributed by atoms with van der Waals surface area (Å²) in [5, 5.41) is 7.01. The number of nitrogens with zero attached hydrogens (tertiary/aromatic N) is 2. The molecule has 4 heterocycles. The summed E-state index contributed by atoms with van der Waals surface area (Å²) in [6.07, 6.45) is 6.61. The van der Waals surface area contributed by atoms with Crippen molar-refractivity contribution in [2.24, 2.45) is 7.05 Å². The number of amides is 1. The summed E-state index contributed by atoms with van der Waals surface area (Å²) in [5.41, 5.74) is 3.18. The molecule has 1 fully saturated rings. The second-order valence-corrected chi connectivity index (χ2v) is 13.6. The lowest BCUT2D eigenvalue weighted by Gasteiger charge is -2.34. The van der Waals surface area contributed by atoms with E-state index in [0.29, 0.717) is 38.8 Å². The van der Waals surface area contributed by atoms with E-state index >= 15 is 4.39 Å². The van der Waals surface area contributed by atoms with Crippen LogP contribution in [0.5, 0.6) is 0 Å². The largest absolute Gasteiger partial charge is 0.356 e. The molecule has 1 amide bonds. The molecule has 2 aliphatic rings. The molecule has 2 aliphatic heterocycles. The number of carbonyl (C=O) groups is 1. The molecule has 12 heteroatoms. The van der Waals surface area contributed by atoms with Crippen molar-refractivity contribution in [2.45, 2.75) is 43.5 Å². The molecule has 43 heavy (non-hydrogen) atoms. The number of nitrogens with one attached hydrogen (secondary N) is 3. The number of aryl methyl sites for hydroxylation is 1. The molecule has 0 aliphatic carbocycles. The van der Waals surface area contributed by atoms with E-state index in [4.69, 9.17) is 0 Å². The Labute approximate surface area is 247 Å². The maximum Gasteiger partial charge on any atom is 0.274 e. The Morgan fingerprint density at radius 2 is 1.81 bits per heavy atom. The first-order chi connectivity index (χ1) is 20.5. The third-order valence-electron chi connectivity index (χ3n) is 8.27. The zero-order valence-corrected chi connectivity index (χ0v) is 24.7. The molecule has 226 valence electrons. The number of halogens is 2. The van der Waals surface area contributed by atoms with Gasteiger partial charge in [-0.15, -0.1) is 0 Å². The predicted octanol–water partition coefficient (Wildman–Crippen LogP) is 4.20. The second kappa shape index (κ2) is 11.2. The van der Waals surface area contributed by atoms with Crippen LogP contribution in [0.15, 0.2) is 53.6 Å². The Morgan fingerprint density at radius 3 is 2.53 bits per heavy atom. The predicted molar refractivity (Wildman–Crippen MR) is 162 cm³/mol. The van der Waals surface area contributed by atoms with Crippen LogP contribution in [-0.4, -0.2) is 49.3 Å². The molecule has 2 aromatic carbocycles. The summed E-state index contributed by atoms with van der Waals surface area (Å²) >= 11 is 0. The number of H-pyrrole nitrogens is 1. The molecule has 0 bridgehead atoms. The quantitative estimate of drug-likeness (QED) is 0.289. The first kappa shape index (κ1) is 29.1. The van der Waals surface area contributed by atoms with Crippen LogP contribution in [0.4, 0.5) is 20.2 Å². The summed E-state index contributed by atoms with van der Waals surface area (Å²) in [4.78, 5) is 31.2. The van der Waals surface area contributed by atoms with Gasteiger partial charge in [0, 0.05) is 72.0 Å². The van der Waals surface area contributed by atoms with Crippen molar-refractivity contribution in [3.63, 3.8) is 0 Å². The van der Waals surface area contributed by atoms with Gasteiger partial charge in [-0.05, 0) is 62.2 Å². The lowest BCUT2D eigenvalue weighted by Crippen LogP contribution is -2.42. The highest BCUT2D eigenvalue weighted by Crippen LogP contribution is 2.50. The minimum atomic E-state index is -3.37. The van der Waals surface area contributed by atoms with Gasteiger partial charge in [0.2, 0.25) is 5.91 Å². The maximum absolute atomic E-state index is 15.6. The molecule has 0 saturated carbocycles. The van der Waals surface area contributed by atoms with Crippen LogP contribution in [0.1, 0.15) is 42.9 Å². The molecule has 4 aromatic rings. The maximum atomic E-state index is 15.6. The van der Waals surface area contributed by atoms with E-state index in [0.717, 1.165) is 38.3 Å². The number of hydrogen-bond donors (Lipinski definition) is 3. The molecule has 0 spiro atoms. The third-order valence-corrected chi connectivity index (χ3v) is 9.12. The van der Waals surface area contributed by atoms with E-state index in [9.17, 15) is 22.4 Å². The Balaban J connectivity index is 1.54. The molecule has 1 atom stereocenters. The lowest BCUT2D eigenvalue weighted by atomic mass is 9.97. The van der Waals surface area contributed by atoms with Gasteiger partial charge in [-0.2, -0.15) is 0 Å². The fourth-order valence-corrected chi connectivity index (χ4v) is 7.14. The Kier molecular flexibility index (Phi) is 7.59. The Morgan fingerprint density at radius 1 is 1.07 bits per heavy atom. The topological polar surface area (TPSA) is 116 Å². The third kappa shape index (κ3) is 5.68. The number of hydrogen-bond acceptors (Lipinski definition) is 6. The van der Waals surface area contributed by atoms with Crippen LogP contribution in [0.2, 0.25) is 0 Å². The average molecular weight is 610 g/mol. The van der Waals surface area contributed by atoms with Crippen molar-refractivity contribution < 1.29 is 22.0 Å². The van der Waals surface area contributed by atoms with Crippen LogP contribution < -0.4 is 21.1 Å². The van der Waals surface area contributed by atoms with Gasteiger partial charge in [0.05, 0.1) is 17.5 Å². The van der Waals surface area contributed by atoms with Gasteiger partial charge >= 0.3 is 0 Å². The Hall–Kier alpha value is -4.03. The van der Waals surface area contributed by atoms with Gasteiger partial charge < -0.3 is 25.1 Å². The van der Waals surface area contributed by atoms with Crippen molar-refractivity contribution in [2.75, 3.05) is 24.2 Å². The fraction of sp³-hybridized carbons (Fsp3) is 0.355. The first-order valence-electron chi connectivity index (χ1n) is 14.3. The monoisotopic (exact) mass is 609 g/mol. The van der Waals surface area contributed by atoms with E-state index in [-0.39, 0.29) is 41.8 Å². The van der Waals surface area contributed by atoms with Crippen molar-refractivity contribution in [3.8, 4) is 11.1 Å². The molecule has 1 saturated heterocycles. The molecule has 0 radical (unpaired) electrons. The Bertz CT molecular complexity index is 1900. The molecular weight excluding hydrogens is 576 g/mol. The molecule has 6 rings (SSSR count). The highest BCUT2D eigenvalue weighted by molar-refractivity contribution is 7.89. The van der Waals surface area contributed by atoms with Crippen LogP contribution in [0.3, 0.4) is 0 Å². The van der Waals surface area contributed by atoms with Gasteiger partial charge in [0.15, 0.2) is 9.84 Å². The zero-order valence-electron chi connectivity index (χ0n) is 23.9. The van der Waals surface area contributed by atoms with E-state index in [1.165, 1.54) is 16.7 Å². The standard InChI is InChI=1S/C31H33F2N5O4S/c1-37-16-23-21-13-18(17-43(2,41)42)3-5-25(21)38(27-6-4-19(32)14-24(27)33)26(22-15-35-30(29(22)23)31(37)40)7-8-28(39)36-20-9-11-34-12-10-20/h3-6,13-16,20,26,34-35H,7-12,17H2,1-2H3,(H,36,39). The summed E-state index contributed by atoms with van der Waals surface area (Å²) in [5.74, 6) is -1.85. The first-order valence-corrected chi connectivity index (χ1v) is 16.3. The van der Waals surface area contributed by atoms with Crippen LogP contribution >= 0.6 is 0 Å². The number of carbonyl (C=O) groups excluding carboxylic acids is 1. The van der Waals surface area contributed by atoms with Gasteiger partial charge in [-0.3, -0.25) is 9.59 Å². The van der Waals surface area contributed by atoms with Gasteiger partial charge in [0.1, 0.15) is 17.2 Å². The fourth-order valence-electron chi connectivity index (χ4n) is 6.36. The lowest BCUT2D eigenvalue weighted by molar-refractivity contribution is -0.122. The number of aromatic amines is 1. The summed E-state index contributed by atoms with van der Waals surface area (Å²) < 4.78 is 55.6. The molecular formula is C31H33F2N5O4S. The zero-order chi connectivity index (χ0) is 30.5. The number of piperidine rings is 1. The van der Waals surface area contributed by atoms with Crippen molar-refractivity contribution in [1.29, 1.82) is 0 Å². The van der Waals surface area contributed by atoms with E-state index in [1.807, 2.05) is 0 Å². The van der Waals surface area contributed by atoms with E-state index in [1.54, 1.807) is 42.5 Å². The van der Waals surface area contributed by atoms with E-state index < -0.39 is 27.5 Å². The number of benzene rings is 2.